The number of amides is 1. The van der Waals surface area contributed by atoms with Crippen LogP contribution in [0.2, 0.25) is 5.02 Å². The zero-order chi connectivity index (χ0) is 16.9. The first kappa shape index (κ1) is 16.9. The lowest BCUT2D eigenvalue weighted by atomic mass is 10.2. The summed E-state index contributed by atoms with van der Waals surface area (Å²) in [6, 6.07) is 14.1. The highest BCUT2D eigenvalue weighted by Crippen LogP contribution is 2.20. The molecular formula is C16H11BrClN3O2S. The summed E-state index contributed by atoms with van der Waals surface area (Å²) in [4.78, 5) is 12.1. The number of nitrogens with one attached hydrogen (secondary N) is 1. The van der Waals surface area contributed by atoms with Gasteiger partial charge in [-0.1, -0.05) is 38.9 Å². The van der Waals surface area contributed by atoms with Crippen molar-refractivity contribution in [1.82, 2.24) is 10.2 Å². The summed E-state index contributed by atoms with van der Waals surface area (Å²) in [5, 5.41) is 12.4. The Morgan fingerprint density at radius 2 is 1.83 bits per heavy atom. The molecule has 1 N–H and O–H groups in total. The molecule has 8 heteroatoms. The highest BCUT2D eigenvalue weighted by atomic mass is 79.9. The Labute approximate surface area is 155 Å². The van der Waals surface area contributed by atoms with Crippen LogP contribution in [-0.4, -0.2) is 16.1 Å². The second-order valence-electron chi connectivity index (χ2n) is 4.70. The molecule has 122 valence electrons. The Balaban J connectivity index is 1.58. The molecule has 2 aromatic carbocycles. The number of hydrogen-bond donors (Lipinski definition) is 1. The van der Waals surface area contributed by atoms with Crippen molar-refractivity contribution in [2.75, 3.05) is 5.32 Å². The zero-order valence-corrected chi connectivity index (χ0v) is 15.4. The van der Waals surface area contributed by atoms with Crippen molar-refractivity contribution in [2.24, 2.45) is 0 Å². The summed E-state index contributed by atoms with van der Waals surface area (Å²) in [7, 11) is 0. The number of aromatic nitrogens is 2. The Morgan fingerprint density at radius 3 is 2.54 bits per heavy atom. The van der Waals surface area contributed by atoms with Crippen LogP contribution >= 0.6 is 38.9 Å². The minimum absolute atomic E-state index is 0.233. The van der Waals surface area contributed by atoms with Gasteiger partial charge in [-0.15, -0.1) is 10.2 Å². The zero-order valence-electron chi connectivity index (χ0n) is 12.2. The molecule has 0 aliphatic rings. The van der Waals surface area contributed by atoms with E-state index in [4.69, 9.17) is 16.3 Å². The van der Waals surface area contributed by atoms with E-state index in [1.54, 1.807) is 48.5 Å². The predicted octanol–water partition coefficient (Wildman–Crippen LogP) is 4.79. The Morgan fingerprint density at radius 1 is 1.12 bits per heavy atom. The van der Waals surface area contributed by atoms with Gasteiger partial charge in [0.15, 0.2) is 5.01 Å². The van der Waals surface area contributed by atoms with Crippen LogP contribution in [0.15, 0.2) is 53.0 Å². The topological polar surface area (TPSA) is 64.1 Å². The molecule has 0 aliphatic heterocycles. The van der Waals surface area contributed by atoms with E-state index in [1.807, 2.05) is 0 Å². The summed E-state index contributed by atoms with van der Waals surface area (Å²) in [6.07, 6.45) is 0. The molecule has 0 saturated carbocycles. The molecule has 0 fully saturated rings. The Bertz CT molecular complexity index is 837. The highest BCUT2D eigenvalue weighted by molar-refractivity contribution is 9.10. The van der Waals surface area contributed by atoms with E-state index in [0.29, 0.717) is 26.5 Å². The highest BCUT2D eigenvalue weighted by Gasteiger charge is 2.10. The summed E-state index contributed by atoms with van der Waals surface area (Å²) >= 11 is 10.4. The van der Waals surface area contributed by atoms with Crippen LogP contribution in [0.4, 0.5) is 5.13 Å². The summed E-state index contributed by atoms with van der Waals surface area (Å²) in [6.45, 7) is 0.271. The average Bonchev–Trinajstić information content (AvgIpc) is 3.02. The van der Waals surface area contributed by atoms with Crippen molar-refractivity contribution >= 4 is 49.9 Å². The van der Waals surface area contributed by atoms with Gasteiger partial charge < -0.3 is 4.74 Å². The molecule has 0 radical (unpaired) electrons. The van der Waals surface area contributed by atoms with Gasteiger partial charge in [0.2, 0.25) is 5.13 Å². The van der Waals surface area contributed by atoms with Gasteiger partial charge in [-0.25, -0.2) is 0 Å². The molecule has 0 unspecified atom stereocenters. The van der Waals surface area contributed by atoms with Crippen molar-refractivity contribution in [1.29, 1.82) is 0 Å². The van der Waals surface area contributed by atoms with E-state index >= 15 is 0 Å². The summed E-state index contributed by atoms with van der Waals surface area (Å²) in [5.41, 5.74) is 0.548. The number of ether oxygens (including phenoxy) is 1. The molecule has 1 aromatic heterocycles. The second kappa shape index (κ2) is 7.74. The maximum Gasteiger partial charge on any atom is 0.257 e. The molecule has 1 heterocycles. The van der Waals surface area contributed by atoms with E-state index in [1.165, 1.54) is 11.3 Å². The van der Waals surface area contributed by atoms with Gasteiger partial charge in [-0.05, 0) is 48.5 Å². The molecule has 3 aromatic rings. The molecule has 0 saturated heterocycles. The van der Waals surface area contributed by atoms with E-state index in [0.717, 1.165) is 4.47 Å². The third-order valence-electron chi connectivity index (χ3n) is 2.97. The largest absolute Gasteiger partial charge is 0.486 e. The third kappa shape index (κ3) is 4.53. The third-order valence-corrected chi connectivity index (χ3v) is 4.56. The van der Waals surface area contributed by atoms with Crippen molar-refractivity contribution in [3.63, 3.8) is 0 Å². The van der Waals surface area contributed by atoms with Crippen molar-refractivity contribution in [3.8, 4) is 5.75 Å². The number of rotatable bonds is 5. The Hall–Kier alpha value is -1.96. The number of benzene rings is 2. The van der Waals surface area contributed by atoms with Gasteiger partial charge in [-0.3, -0.25) is 10.1 Å². The number of nitrogens with zero attached hydrogens (tertiary/aromatic N) is 2. The fraction of sp³-hybridized carbons (Fsp3) is 0.0625. The second-order valence-corrected chi connectivity index (χ2v) is 7.12. The van der Waals surface area contributed by atoms with Crippen LogP contribution in [-0.2, 0) is 6.61 Å². The van der Waals surface area contributed by atoms with Gasteiger partial charge in [0, 0.05) is 15.1 Å². The quantitative estimate of drug-likeness (QED) is 0.640. The first-order valence-electron chi connectivity index (χ1n) is 6.88. The number of carbonyl (C=O) groups is 1. The van der Waals surface area contributed by atoms with Gasteiger partial charge in [-0.2, -0.15) is 0 Å². The summed E-state index contributed by atoms with van der Waals surface area (Å²) in [5.74, 6) is 0.457. The van der Waals surface area contributed by atoms with Crippen molar-refractivity contribution < 1.29 is 9.53 Å². The number of hydrogen-bond acceptors (Lipinski definition) is 5. The fourth-order valence-electron chi connectivity index (χ4n) is 1.81. The van der Waals surface area contributed by atoms with Gasteiger partial charge in [0.1, 0.15) is 12.4 Å². The minimum Gasteiger partial charge on any atom is -0.486 e. The van der Waals surface area contributed by atoms with Gasteiger partial charge in [0.05, 0.1) is 0 Å². The molecule has 24 heavy (non-hydrogen) atoms. The minimum atomic E-state index is -0.233. The number of anilines is 1. The molecule has 0 bridgehead atoms. The number of carbonyl (C=O) groups excluding carboxylic acids is 1. The first-order valence-corrected chi connectivity index (χ1v) is 8.86. The van der Waals surface area contributed by atoms with E-state index in [-0.39, 0.29) is 12.5 Å². The lowest BCUT2D eigenvalue weighted by molar-refractivity contribution is 0.102. The first-order chi connectivity index (χ1) is 11.6. The molecule has 3 rings (SSSR count). The average molecular weight is 425 g/mol. The maximum absolute atomic E-state index is 12.1. The molecule has 1 amide bonds. The molecule has 5 nitrogen and oxygen atoms in total. The fourth-order valence-corrected chi connectivity index (χ4v) is 2.85. The van der Waals surface area contributed by atoms with E-state index in [9.17, 15) is 4.79 Å². The van der Waals surface area contributed by atoms with Crippen molar-refractivity contribution in [2.45, 2.75) is 6.61 Å². The van der Waals surface area contributed by atoms with Crippen LogP contribution in [0.3, 0.4) is 0 Å². The summed E-state index contributed by atoms with van der Waals surface area (Å²) < 4.78 is 6.51. The number of halogens is 2. The smallest absolute Gasteiger partial charge is 0.257 e. The van der Waals surface area contributed by atoms with Crippen LogP contribution in [0.1, 0.15) is 15.4 Å². The molecular weight excluding hydrogens is 414 g/mol. The van der Waals surface area contributed by atoms with Crippen LogP contribution in [0, 0.1) is 0 Å². The van der Waals surface area contributed by atoms with E-state index in [2.05, 4.69) is 31.4 Å². The van der Waals surface area contributed by atoms with E-state index < -0.39 is 0 Å². The SMILES string of the molecule is O=C(Nc1nnc(COc2ccc(Cl)cc2)s1)c1ccc(Br)cc1. The molecule has 0 atom stereocenters. The van der Waals surface area contributed by atoms with Crippen LogP contribution in [0.25, 0.3) is 0 Å². The molecule has 0 spiro atoms. The van der Waals surface area contributed by atoms with Crippen LogP contribution in [0.5, 0.6) is 5.75 Å². The standard InChI is InChI=1S/C16H11BrClN3O2S/c17-11-3-1-10(2-4-11)15(22)19-16-21-20-14(24-16)9-23-13-7-5-12(18)6-8-13/h1-8H,9H2,(H,19,21,22). The molecule has 0 aliphatic carbocycles. The monoisotopic (exact) mass is 423 g/mol. The van der Waals surface area contributed by atoms with Gasteiger partial charge in [0.25, 0.3) is 5.91 Å². The Kier molecular flexibility index (Phi) is 5.44. The van der Waals surface area contributed by atoms with Crippen LogP contribution < -0.4 is 10.1 Å². The normalized spacial score (nSPS) is 10.4. The lowest BCUT2D eigenvalue weighted by Crippen LogP contribution is -2.11. The van der Waals surface area contributed by atoms with Crippen molar-refractivity contribution in [3.05, 3.63) is 68.6 Å². The maximum atomic E-state index is 12.1. The predicted molar refractivity (Wildman–Crippen MR) is 97.8 cm³/mol. The van der Waals surface area contributed by atoms with Gasteiger partial charge >= 0.3 is 0 Å². The lowest BCUT2D eigenvalue weighted by Gasteiger charge is -2.03.